The van der Waals surface area contributed by atoms with Crippen LogP contribution in [0.2, 0.25) is 0 Å². The lowest BCUT2D eigenvalue weighted by molar-refractivity contribution is -0.137. The summed E-state index contributed by atoms with van der Waals surface area (Å²) >= 11 is 0. The molecule has 1 aromatic heterocycles. The summed E-state index contributed by atoms with van der Waals surface area (Å²) in [6, 6.07) is 0. The number of carbonyl (C=O) groups is 2. The van der Waals surface area contributed by atoms with Gasteiger partial charge in [0, 0.05) is 12.8 Å². The smallest absolute Gasteiger partial charge is 0.303 e. The number of aryl methyl sites for hydroxylation is 1. The van der Waals surface area contributed by atoms with Crippen molar-refractivity contribution in [3.63, 3.8) is 0 Å². The highest BCUT2D eigenvalue weighted by Crippen LogP contribution is 1.95. The average molecular weight is 239 g/mol. The van der Waals surface area contributed by atoms with Gasteiger partial charge in [0.25, 0.3) is 0 Å². The molecule has 8 heteroatoms. The molecule has 0 aromatic carbocycles. The molecule has 8 nitrogen and oxygen atoms in total. The van der Waals surface area contributed by atoms with E-state index in [0.29, 0.717) is 18.1 Å². The molecule has 0 saturated heterocycles. The topological polar surface area (TPSA) is 118 Å². The number of nitrogens with zero attached hydrogens (tertiary/aromatic N) is 4. The first-order valence-electron chi connectivity index (χ1n) is 5.09. The molecule has 0 atom stereocenters. The lowest BCUT2D eigenvalue weighted by Gasteiger charge is -2.02. The average Bonchev–Trinajstić information content (AvgIpc) is 2.28. The van der Waals surface area contributed by atoms with Crippen molar-refractivity contribution in [2.75, 3.05) is 0 Å². The normalized spacial score (nSPS) is 9.94. The molecule has 0 aliphatic carbocycles. The number of nitrogens with one attached hydrogen (secondary N) is 1. The van der Waals surface area contributed by atoms with Crippen molar-refractivity contribution >= 4 is 11.9 Å². The molecule has 92 valence electrons. The van der Waals surface area contributed by atoms with E-state index in [2.05, 4.69) is 25.7 Å². The Morgan fingerprint density at radius 2 is 1.82 bits per heavy atom. The largest absolute Gasteiger partial charge is 0.481 e. The van der Waals surface area contributed by atoms with E-state index in [1.807, 2.05) is 0 Å². The minimum atomic E-state index is -0.909. The molecule has 0 radical (unpaired) electrons. The van der Waals surface area contributed by atoms with Gasteiger partial charge in [-0.25, -0.2) is 0 Å². The fourth-order valence-electron chi connectivity index (χ4n) is 1.04. The van der Waals surface area contributed by atoms with Crippen LogP contribution in [0.5, 0.6) is 0 Å². The highest BCUT2D eigenvalue weighted by atomic mass is 16.4. The van der Waals surface area contributed by atoms with Crippen LogP contribution in [-0.2, 0) is 16.1 Å². The van der Waals surface area contributed by atoms with E-state index in [4.69, 9.17) is 5.11 Å². The summed E-state index contributed by atoms with van der Waals surface area (Å²) in [4.78, 5) is 21.5. The molecule has 0 aliphatic heterocycles. The minimum Gasteiger partial charge on any atom is -0.481 e. The third-order valence-electron chi connectivity index (χ3n) is 1.86. The first kappa shape index (κ1) is 12.9. The maximum atomic E-state index is 11.3. The first-order chi connectivity index (χ1) is 8.08. The van der Waals surface area contributed by atoms with Crippen LogP contribution in [-0.4, -0.2) is 37.4 Å². The Morgan fingerprint density at radius 1 is 1.18 bits per heavy atom. The highest BCUT2D eigenvalue weighted by molar-refractivity contribution is 5.76. The molecule has 0 unspecified atom stereocenters. The summed E-state index contributed by atoms with van der Waals surface area (Å²) < 4.78 is 0. The monoisotopic (exact) mass is 239 g/mol. The molecule has 1 heterocycles. The van der Waals surface area contributed by atoms with Gasteiger partial charge in [-0.15, -0.1) is 20.4 Å². The van der Waals surface area contributed by atoms with Crippen LogP contribution in [0.4, 0.5) is 0 Å². The maximum absolute atomic E-state index is 11.3. The zero-order valence-corrected chi connectivity index (χ0v) is 9.38. The van der Waals surface area contributed by atoms with Crippen LogP contribution >= 0.6 is 0 Å². The number of amides is 1. The molecule has 1 amide bonds. The Balaban J connectivity index is 2.23. The number of hydrogen-bond donors (Lipinski definition) is 2. The van der Waals surface area contributed by atoms with Gasteiger partial charge in [0.1, 0.15) is 0 Å². The number of carbonyl (C=O) groups excluding carboxylic acids is 1. The van der Waals surface area contributed by atoms with E-state index in [0.717, 1.165) is 0 Å². The van der Waals surface area contributed by atoms with Crippen molar-refractivity contribution in [2.45, 2.75) is 32.7 Å². The minimum absolute atomic E-state index is 0.0163. The van der Waals surface area contributed by atoms with Crippen molar-refractivity contribution in [3.8, 4) is 0 Å². The van der Waals surface area contributed by atoms with E-state index in [-0.39, 0.29) is 25.3 Å². The molecule has 2 N–H and O–H groups in total. The Labute approximate surface area is 97.5 Å². The second kappa shape index (κ2) is 6.46. The summed E-state index contributed by atoms with van der Waals surface area (Å²) in [5, 5.41) is 25.8. The number of aromatic nitrogens is 4. The highest BCUT2D eigenvalue weighted by Gasteiger charge is 2.05. The van der Waals surface area contributed by atoms with E-state index in [9.17, 15) is 9.59 Å². The second-order valence-corrected chi connectivity index (χ2v) is 3.39. The molecular weight excluding hydrogens is 226 g/mol. The zero-order valence-electron chi connectivity index (χ0n) is 9.38. The van der Waals surface area contributed by atoms with E-state index >= 15 is 0 Å². The van der Waals surface area contributed by atoms with Gasteiger partial charge >= 0.3 is 5.97 Å². The molecule has 0 aliphatic rings. The Kier molecular flexibility index (Phi) is 4.92. The first-order valence-corrected chi connectivity index (χ1v) is 5.09. The summed E-state index contributed by atoms with van der Waals surface area (Å²) in [7, 11) is 0. The van der Waals surface area contributed by atoms with Crippen molar-refractivity contribution in [3.05, 3.63) is 11.6 Å². The van der Waals surface area contributed by atoms with Crippen LogP contribution in [0.1, 0.15) is 30.9 Å². The Hall–Kier alpha value is -2.12. The van der Waals surface area contributed by atoms with E-state index in [1.165, 1.54) is 0 Å². The fourth-order valence-corrected chi connectivity index (χ4v) is 1.04. The van der Waals surface area contributed by atoms with Crippen LogP contribution < -0.4 is 5.32 Å². The summed E-state index contributed by atoms with van der Waals surface area (Å²) in [5.41, 5.74) is 0. The van der Waals surface area contributed by atoms with Gasteiger partial charge in [-0.2, -0.15) is 0 Å². The summed E-state index contributed by atoms with van der Waals surface area (Å²) in [5.74, 6) is -0.368. The van der Waals surface area contributed by atoms with Crippen molar-refractivity contribution < 1.29 is 14.7 Å². The maximum Gasteiger partial charge on any atom is 0.303 e. The fraction of sp³-hybridized carbons (Fsp3) is 0.556. The number of rotatable bonds is 6. The van der Waals surface area contributed by atoms with E-state index < -0.39 is 5.97 Å². The Morgan fingerprint density at radius 3 is 2.41 bits per heavy atom. The molecule has 1 rings (SSSR count). The molecule has 0 fully saturated rings. The molecule has 0 spiro atoms. The number of hydrogen-bond acceptors (Lipinski definition) is 6. The zero-order chi connectivity index (χ0) is 12.7. The second-order valence-electron chi connectivity index (χ2n) is 3.39. The van der Waals surface area contributed by atoms with Gasteiger partial charge in [0.05, 0.1) is 6.54 Å². The van der Waals surface area contributed by atoms with Crippen molar-refractivity contribution in [1.29, 1.82) is 0 Å². The molecule has 0 bridgehead atoms. The van der Waals surface area contributed by atoms with Crippen LogP contribution in [0, 0.1) is 6.92 Å². The van der Waals surface area contributed by atoms with Crippen molar-refractivity contribution in [1.82, 2.24) is 25.7 Å². The number of carboxylic acid groups (broad SMARTS) is 1. The SMILES string of the molecule is Cc1nnc(CNC(=O)CCCC(=O)O)nn1. The molecule has 1 aromatic rings. The van der Waals surface area contributed by atoms with Gasteiger partial charge in [0.2, 0.25) is 5.91 Å². The standard InChI is InChI=1S/C9H13N5O3/c1-6-11-13-7(14-12-6)5-10-8(15)3-2-4-9(16)17/h2-5H2,1H3,(H,10,15)(H,16,17). The van der Waals surface area contributed by atoms with Gasteiger partial charge < -0.3 is 10.4 Å². The predicted octanol–water partition coefficient (Wildman–Crippen LogP) is -0.554. The summed E-state index contributed by atoms with van der Waals surface area (Å²) in [6.45, 7) is 1.81. The Bertz CT molecular complexity index is 392. The van der Waals surface area contributed by atoms with Crippen molar-refractivity contribution in [2.24, 2.45) is 0 Å². The van der Waals surface area contributed by atoms with Crippen LogP contribution in [0.15, 0.2) is 0 Å². The lowest BCUT2D eigenvalue weighted by atomic mass is 10.2. The summed E-state index contributed by atoms with van der Waals surface area (Å²) in [6.07, 6.45) is 0.461. The lowest BCUT2D eigenvalue weighted by Crippen LogP contribution is -2.24. The number of aliphatic carboxylic acids is 1. The third-order valence-corrected chi connectivity index (χ3v) is 1.86. The van der Waals surface area contributed by atoms with Gasteiger partial charge in [-0.1, -0.05) is 0 Å². The molecular formula is C9H13N5O3. The van der Waals surface area contributed by atoms with Gasteiger partial charge in [-0.05, 0) is 13.3 Å². The molecule has 0 saturated carbocycles. The third kappa shape index (κ3) is 5.50. The molecule has 17 heavy (non-hydrogen) atoms. The van der Waals surface area contributed by atoms with Gasteiger partial charge in [-0.3, -0.25) is 9.59 Å². The predicted molar refractivity (Wildman–Crippen MR) is 55.7 cm³/mol. The van der Waals surface area contributed by atoms with E-state index in [1.54, 1.807) is 6.92 Å². The van der Waals surface area contributed by atoms with Crippen LogP contribution in [0.25, 0.3) is 0 Å². The van der Waals surface area contributed by atoms with Gasteiger partial charge in [0.15, 0.2) is 11.6 Å². The van der Waals surface area contributed by atoms with Crippen LogP contribution in [0.3, 0.4) is 0 Å². The number of carboxylic acids is 1. The quantitative estimate of drug-likeness (QED) is 0.683.